The maximum Gasteiger partial charge on any atom is 0.160 e. The van der Waals surface area contributed by atoms with E-state index < -0.39 is 0 Å². The Morgan fingerprint density at radius 3 is 0.989 bits per heavy atom. The predicted molar refractivity (Wildman–Crippen MR) is 361 cm³/mol. The first kappa shape index (κ1) is 47.4. The van der Waals surface area contributed by atoms with E-state index in [2.05, 4.69) is 250 Å². The third-order valence-corrected chi connectivity index (χ3v) is 18.5. The number of furan rings is 3. The van der Waals surface area contributed by atoms with Gasteiger partial charge in [0.25, 0.3) is 0 Å². The third-order valence-electron chi connectivity index (χ3n) is 18.5. The van der Waals surface area contributed by atoms with E-state index in [9.17, 15) is 0 Å². The van der Waals surface area contributed by atoms with Crippen LogP contribution in [0.5, 0.6) is 0 Å². The van der Waals surface area contributed by atoms with E-state index in [1.165, 1.54) is 32.3 Å². The van der Waals surface area contributed by atoms with Crippen molar-refractivity contribution in [2.24, 2.45) is 0 Å². The molecule has 0 atom stereocenters. The van der Waals surface area contributed by atoms with Crippen LogP contribution in [0.1, 0.15) is 0 Å². The molecular formula is C80H45N5O3. The van der Waals surface area contributed by atoms with Crippen molar-refractivity contribution in [3.05, 3.63) is 273 Å². The molecule has 0 unspecified atom stereocenters. The zero-order chi connectivity index (χ0) is 57.3. The molecule has 20 aromatic rings. The molecular weight excluding hydrogens is 1080 g/mol. The molecule has 0 amide bonds. The summed E-state index contributed by atoms with van der Waals surface area (Å²) in [7, 11) is 0. The average molecular weight is 1120 g/mol. The molecule has 0 saturated heterocycles. The van der Waals surface area contributed by atoms with Gasteiger partial charge in [-0.2, -0.15) is 0 Å². The second-order valence-electron chi connectivity index (χ2n) is 23.2. The first-order chi connectivity index (χ1) is 43.6. The van der Waals surface area contributed by atoms with E-state index in [4.69, 9.17) is 23.2 Å². The number of fused-ring (bicyclic) bond motifs is 19. The zero-order valence-corrected chi connectivity index (χ0v) is 46.9. The summed E-state index contributed by atoms with van der Waals surface area (Å²) in [4.78, 5) is 10.9. The smallest absolute Gasteiger partial charge is 0.160 e. The van der Waals surface area contributed by atoms with Gasteiger partial charge in [0.05, 0.1) is 44.3 Å². The molecule has 0 saturated carbocycles. The van der Waals surface area contributed by atoms with E-state index in [0.29, 0.717) is 5.82 Å². The van der Waals surface area contributed by atoms with Crippen molar-refractivity contribution in [1.29, 1.82) is 0 Å². The minimum absolute atomic E-state index is 0.643. The van der Waals surface area contributed by atoms with Crippen molar-refractivity contribution in [3.8, 4) is 50.8 Å². The first-order valence-corrected chi connectivity index (χ1v) is 29.8. The molecule has 408 valence electrons. The summed E-state index contributed by atoms with van der Waals surface area (Å²) in [6.45, 7) is 0. The normalized spacial score (nSPS) is 12.3. The maximum absolute atomic E-state index is 6.48. The lowest BCUT2D eigenvalue weighted by atomic mass is 9.99. The molecule has 0 aliphatic carbocycles. The minimum atomic E-state index is 0.643. The number of rotatable bonds is 6. The molecule has 0 N–H and O–H groups in total. The molecule has 88 heavy (non-hydrogen) atoms. The van der Waals surface area contributed by atoms with Gasteiger partial charge in [0.2, 0.25) is 0 Å². The fourth-order valence-electron chi connectivity index (χ4n) is 14.4. The molecule has 0 aliphatic rings. The predicted octanol–water partition coefficient (Wildman–Crippen LogP) is 21.6. The Kier molecular flexibility index (Phi) is 9.57. The van der Waals surface area contributed by atoms with E-state index in [-0.39, 0.29) is 0 Å². The molecule has 0 bridgehead atoms. The standard InChI is InChI=1S/C80H45N5O3/c1-7-19-67-53(13-1)59-40-62-56-16-4-10-22-73(56)86-76(62)43-70(59)83(67)50-32-25-46(26-33-50)49-31-38-66-65(39-49)79(47-27-34-51(35-28-47)84-68-20-8-2-14-54(68)60-41-63-57-17-5-11-23-74(57)87-77(63)44-71(60)84)82-80(81-66)48-29-36-52(37-30-48)85-69-21-9-3-15-55(69)61-42-64-58-18-6-12-24-75(58)88-78(64)45-72(61)85/h1-45H. The quantitative estimate of drug-likeness (QED) is 0.166. The molecule has 7 aromatic heterocycles. The summed E-state index contributed by atoms with van der Waals surface area (Å²) in [6, 6.07) is 97.3. The number of para-hydroxylation sites is 6. The highest BCUT2D eigenvalue weighted by atomic mass is 16.3. The van der Waals surface area contributed by atoms with Crippen LogP contribution >= 0.6 is 0 Å². The Hall–Kier alpha value is -12.0. The summed E-state index contributed by atoms with van der Waals surface area (Å²) < 4.78 is 26.4. The number of benzene rings is 13. The second kappa shape index (κ2) is 17.8. The molecule has 0 spiro atoms. The largest absolute Gasteiger partial charge is 0.456 e. The highest BCUT2D eigenvalue weighted by Gasteiger charge is 2.22. The minimum Gasteiger partial charge on any atom is -0.456 e. The van der Waals surface area contributed by atoms with Crippen LogP contribution in [0, 0.1) is 0 Å². The summed E-state index contributed by atoms with van der Waals surface area (Å²) in [5, 5.41) is 14.8. The number of nitrogens with zero attached hydrogens (tertiary/aromatic N) is 5. The zero-order valence-electron chi connectivity index (χ0n) is 46.9. The molecule has 0 fully saturated rings. The molecule has 13 aromatic carbocycles. The van der Waals surface area contributed by atoms with E-state index >= 15 is 0 Å². The van der Waals surface area contributed by atoms with Gasteiger partial charge in [-0.1, -0.05) is 140 Å². The van der Waals surface area contributed by atoms with Gasteiger partial charge in [0.1, 0.15) is 33.5 Å². The summed E-state index contributed by atoms with van der Waals surface area (Å²) in [5.74, 6) is 0.643. The molecule has 7 heterocycles. The Morgan fingerprint density at radius 1 is 0.216 bits per heavy atom. The van der Waals surface area contributed by atoms with Gasteiger partial charge in [-0.05, 0) is 126 Å². The van der Waals surface area contributed by atoms with Crippen molar-refractivity contribution in [1.82, 2.24) is 23.7 Å². The highest BCUT2D eigenvalue weighted by molar-refractivity contribution is 6.20. The maximum atomic E-state index is 6.48. The van der Waals surface area contributed by atoms with Crippen LogP contribution in [0.2, 0.25) is 0 Å². The second-order valence-corrected chi connectivity index (χ2v) is 23.2. The fraction of sp³-hybridized carbons (Fsp3) is 0. The van der Waals surface area contributed by atoms with Crippen LogP contribution in [0.15, 0.2) is 286 Å². The Morgan fingerprint density at radius 2 is 0.568 bits per heavy atom. The molecule has 0 aliphatic heterocycles. The van der Waals surface area contributed by atoms with Gasteiger partial charge < -0.3 is 27.0 Å². The van der Waals surface area contributed by atoms with Crippen LogP contribution in [-0.4, -0.2) is 23.7 Å². The van der Waals surface area contributed by atoms with Crippen LogP contribution < -0.4 is 0 Å². The Balaban J connectivity index is 0.724. The van der Waals surface area contributed by atoms with E-state index in [1.54, 1.807) is 0 Å². The molecule has 0 radical (unpaired) electrons. The van der Waals surface area contributed by atoms with Crippen LogP contribution in [0.3, 0.4) is 0 Å². The van der Waals surface area contributed by atoms with Crippen molar-refractivity contribution in [2.75, 3.05) is 0 Å². The Bertz CT molecular complexity index is 6350. The fourth-order valence-corrected chi connectivity index (χ4v) is 14.4. The van der Waals surface area contributed by atoms with Crippen molar-refractivity contribution in [2.45, 2.75) is 0 Å². The van der Waals surface area contributed by atoms with Gasteiger partial charge >= 0.3 is 0 Å². The van der Waals surface area contributed by atoms with Gasteiger partial charge in [-0.15, -0.1) is 0 Å². The van der Waals surface area contributed by atoms with Crippen LogP contribution in [-0.2, 0) is 0 Å². The first-order valence-electron chi connectivity index (χ1n) is 29.8. The van der Waals surface area contributed by atoms with E-state index in [1.807, 2.05) is 36.4 Å². The van der Waals surface area contributed by atoms with Crippen molar-refractivity contribution >= 4 is 142 Å². The van der Waals surface area contributed by atoms with Crippen molar-refractivity contribution in [3.63, 3.8) is 0 Å². The van der Waals surface area contributed by atoms with Crippen molar-refractivity contribution < 1.29 is 13.3 Å². The van der Waals surface area contributed by atoms with Gasteiger partial charge in [0, 0.05) is 116 Å². The van der Waals surface area contributed by atoms with Gasteiger partial charge in [0.15, 0.2) is 5.82 Å². The number of hydrogen-bond acceptors (Lipinski definition) is 5. The van der Waals surface area contributed by atoms with Gasteiger partial charge in [-0.25, -0.2) is 9.97 Å². The Labute approximate surface area is 500 Å². The monoisotopic (exact) mass is 1120 g/mol. The van der Waals surface area contributed by atoms with Crippen LogP contribution in [0.25, 0.3) is 193 Å². The lowest BCUT2D eigenvalue weighted by Gasteiger charge is -2.14. The number of hydrogen-bond donors (Lipinski definition) is 0. The summed E-state index contributed by atoms with van der Waals surface area (Å²) >= 11 is 0. The van der Waals surface area contributed by atoms with Crippen LogP contribution in [0.4, 0.5) is 0 Å². The molecule has 8 nitrogen and oxygen atoms in total. The lowest BCUT2D eigenvalue weighted by Crippen LogP contribution is -1.98. The topological polar surface area (TPSA) is 80.0 Å². The number of aromatic nitrogens is 5. The SMILES string of the molecule is c1ccc2c(c1)oc1cc3c(cc12)c1ccccc1n3-c1ccc(-c2ccc3nc(-c4ccc(-n5c6ccccc6c6cc7c(cc65)oc5ccccc57)cc4)nc(-c4ccc(-n5c6ccccc6c6cc7c(cc65)oc5ccccc57)cc4)c3c2)cc1. The third kappa shape index (κ3) is 6.79. The molecule has 8 heteroatoms. The summed E-state index contributed by atoms with van der Waals surface area (Å²) in [6.07, 6.45) is 0. The van der Waals surface area contributed by atoms with Gasteiger partial charge in [-0.3, -0.25) is 0 Å². The summed E-state index contributed by atoms with van der Waals surface area (Å²) in [5.41, 5.74) is 20.8. The highest BCUT2D eigenvalue weighted by Crippen LogP contribution is 2.43. The average Bonchev–Trinajstić information content (AvgIpc) is 1.72. The molecule has 20 rings (SSSR count). The lowest BCUT2D eigenvalue weighted by molar-refractivity contribution is 0.669. The van der Waals surface area contributed by atoms with E-state index in [0.717, 1.165) is 155 Å².